The molecule has 1 amide bonds. The fourth-order valence-electron chi connectivity index (χ4n) is 3.69. The molecule has 2 aromatic carbocycles. The van der Waals surface area contributed by atoms with Crippen molar-refractivity contribution in [2.45, 2.75) is 70.9 Å². The Bertz CT molecular complexity index is 774. The number of carbonyl (C=O) groups excluding carboxylic acids is 1. The molecule has 3 nitrogen and oxygen atoms in total. The van der Waals surface area contributed by atoms with Crippen molar-refractivity contribution in [1.29, 1.82) is 0 Å². The van der Waals surface area contributed by atoms with Crippen LogP contribution in [0.5, 0.6) is 5.75 Å². The lowest BCUT2D eigenvalue weighted by Gasteiger charge is -2.28. The Morgan fingerprint density at radius 2 is 1.85 bits per heavy atom. The maximum atomic E-state index is 12.8. The summed E-state index contributed by atoms with van der Waals surface area (Å²) in [5, 5.41) is 3.22. The van der Waals surface area contributed by atoms with Gasteiger partial charge >= 0.3 is 0 Å². The minimum atomic E-state index is -0.473. The first kappa shape index (κ1) is 19.5. The predicted octanol–water partition coefficient (Wildman–Crippen LogP) is 5.34. The van der Waals surface area contributed by atoms with Crippen LogP contribution in [0.25, 0.3) is 0 Å². The van der Waals surface area contributed by atoms with E-state index in [4.69, 9.17) is 4.74 Å². The highest BCUT2D eigenvalue weighted by atomic mass is 16.5. The molecule has 1 N–H and O–H groups in total. The van der Waals surface area contributed by atoms with Crippen molar-refractivity contribution in [2.75, 3.05) is 0 Å². The first-order chi connectivity index (χ1) is 12.9. The van der Waals surface area contributed by atoms with Gasteiger partial charge in [-0.05, 0) is 59.9 Å². The highest BCUT2D eigenvalue weighted by Gasteiger charge is 2.26. The summed E-state index contributed by atoms with van der Waals surface area (Å²) in [5.74, 6) is 0.716. The van der Waals surface area contributed by atoms with E-state index in [9.17, 15) is 4.79 Å². The minimum Gasteiger partial charge on any atom is -0.481 e. The van der Waals surface area contributed by atoms with E-state index < -0.39 is 6.10 Å². The first-order valence-corrected chi connectivity index (χ1v) is 10.0. The molecule has 1 aliphatic carbocycles. The molecular formula is C24H31NO2. The van der Waals surface area contributed by atoms with Crippen LogP contribution in [-0.2, 0) is 16.6 Å². The zero-order chi connectivity index (χ0) is 19.4. The van der Waals surface area contributed by atoms with Gasteiger partial charge in [0.25, 0.3) is 5.91 Å². The van der Waals surface area contributed by atoms with Gasteiger partial charge in [-0.2, -0.15) is 0 Å². The number of ether oxygens (including phenoxy) is 1. The van der Waals surface area contributed by atoms with E-state index in [1.54, 1.807) is 0 Å². The van der Waals surface area contributed by atoms with Crippen LogP contribution in [-0.4, -0.2) is 12.0 Å². The fraction of sp³-hybridized carbons (Fsp3) is 0.458. The lowest BCUT2D eigenvalue weighted by atomic mass is 9.87. The molecule has 0 radical (unpaired) electrons. The summed E-state index contributed by atoms with van der Waals surface area (Å²) in [6.45, 7) is 8.55. The Kier molecular flexibility index (Phi) is 5.88. The SMILES string of the molecule is CC[C@@H](Oc1ccc(C(C)(C)C)cc1)C(=O)N[C@@H]1CCCc2ccccc21. The molecule has 0 aromatic heterocycles. The smallest absolute Gasteiger partial charge is 0.261 e. The summed E-state index contributed by atoms with van der Waals surface area (Å²) >= 11 is 0. The number of nitrogens with one attached hydrogen (secondary N) is 1. The minimum absolute atomic E-state index is 0.0286. The van der Waals surface area contributed by atoms with Crippen LogP contribution in [0.1, 0.15) is 69.7 Å². The highest BCUT2D eigenvalue weighted by molar-refractivity contribution is 5.81. The van der Waals surface area contributed by atoms with Crippen molar-refractivity contribution in [1.82, 2.24) is 5.32 Å². The Morgan fingerprint density at radius 3 is 2.52 bits per heavy atom. The summed E-state index contributed by atoms with van der Waals surface area (Å²) < 4.78 is 6.01. The lowest BCUT2D eigenvalue weighted by Crippen LogP contribution is -2.41. The van der Waals surface area contributed by atoms with Crippen LogP contribution in [0, 0.1) is 0 Å². The number of hydrogen-bond donors (Lipinski definition) is 1. The molecule has 2 atom stereocenters. The van der Waals surface area contributed by atoms with E-state index in [0.29, 0.717) is 6.42 Å². The summed E-state index contributed by atoms with van der Waals surface area (Å²) in [7, 11) is 0. The maximum Gasteiger partial charge on any atom is 0.261 e. The third kappa shape index (κ3) is 4.71. The molecular weight excluding hydrogens is 334 g/mol. The molecule has 144 valence electrons. The van der Waals surface area contributed by atoms with Crippen LogP contribution in [0.4, 0.5) is 0 Å². The second-order valence-electron chi connectivity index (χ2n) is 8.44. The van der Waals surface area contributed by atoms with Gasteiger partial charge in [-0.15, -0.1) is 0 Å². The number of amides is 1. The monoisotopic (exact) mass is 365 g/mol. The number of hydrogen-bond acceptors (Lipinski definition) is 2. The van der Waals surface area contributed by atoms with Gasteiger partial charge in [-0.25, -0.2) is 0 Å². The second kappa shape index (κ2) is 8.16. The van der Waals surface area contributed by atoms with E-state index in [2.05, 4.69) is 56.4 Å². The molecule has 0 spiro atoms. The van der Waals surface area contributed by atoms with Crippen molar-refractivity contribution in [3.05, 3.63) is 65.2 Å². The average Bonchev–Trinajstić information content (AvgIpc) is 2.66. The normalized spacial score (nSPS) is 17.7. The van der Waals surface area contributed by atoms with Crippen LogP contribution in [0.2, 0.25) is 0 Å². The molecule has 3 heteroatoms. The summed E-state index contributed by atoms with van der Waals surface area (Å²) in [4.78, 5) is 12.8. The molecule has 0 bridgehead atoms. The van der Waals surface area contributed by atoms with E-state index in [1.807, 2.05) is 25.1 Å². The van der Waals surface area contributed by atoms with Gasteiger partial charge in [0.15, 0.2) is 6.10 Å². The van der Waals surface area contributed by atoms with Crippen molar-refractivity contribution >= 4 is 5.91 Å². The quantitative estimate of drug-likeness (QED) is 0.777. The highest BCUT2D eigenvalue weighted by Crippen LogP contribution is 2.30. The van der Waals surface area contributed by atoms with Gasteiger partial charge in [0.05, 0.1) is 6.04 Å². The fourth-order valence-corrected chi connectivity index (χ4v) is 3.69. The Morgan fingerprint density at radius 1 is 1.15 bits per heavy atom. The Balaban J connectivity index is 1.67. The number of benzene rings is 2. The Hall–Kier alpha value is -2.29. The van der Waals surface area contributed by atoms with Gasteiger partial charge < -0.3 is 10.1 Å². The molecule has 1 aliphatic rings. The zero-order valence-electron chi connectivity index (χ0n) is 16.9. The molecule has 2 aromatic rings. The third-order valence-electron chi connectivity index (χ3n) is 5.35. The summed E-state index contributed by atoms with van der Waals surface area (Å²) in [6, 6.07) is 16.6. The molecule has 0 fully saturated rings. The van der Waals surface area contributed by atoms with Gasteiger partial charge in [-0.1, -0.05) is 64.1 Å². The van der Waals surface area contributed by atoms with Gasteiger partial charge in [-0.3, -0.25) is 4.79 Å². The third-order valence-corrected chi connectivity index (χ3v) is 5.35. The van der Waals surface area contributed by atoms with E-state index in [0.717, 1.165) is 25.0 Å². The van der Waals surface area contributed by atoms with Gasteiger partial charge in [0.2, 0.25) is 0 Å². The number of aryl methyl sites for hydroxylation is 1. The van der Waals surface area contributed by atoms with Crippen LogP contribution < -0.4 is 10.1 Å². The number of rotatable bonds is 5. The van der Waals surface area contributed by atoms with Crippen LogP contribution in [0.15, 0.2) is 48.5 Å². The van der Waals surface area contributed by atoms with E-state index in [-0.39, 0.29) is 17.4 Å². The van der Waals surface area contributed by atoms with Crippen molar-refractivity contribution in [3.63, 3.8) is 0 Å². The van der Waals surface area contributed by atoms with Crippen molar-refractivity contribution in [2.24, 2.45) is 0 Å². The van der Waals surface area contributed by atoms with Gasteiger partial charge in [0, 0.05) is 0 Å². The maximum absolute atomic E-state index is 12.8. The van der Waals surface area contributed by atoms with Gasteiger partial charge in [0.1, 0.15) is 5.75 Å². The number of carbonyl (C=O) groups is 1. The standard InChI is InChI=1S/C24H31NO2/c1-5-22(27-19-15-13-18(14-16-19)24(2,3)4)23(26)25-21-12-8-10-17-9-6-7-11-20(17)21/h6-7,9,11,13-16,21-22H,5,8,10,12H2,1-4H3,(H,25,26)/t21-,22-/m1/s1. The predicted molar refractivity (Wildman–Crippen MR) is 110 cm³/mol. The van der Waals surface area contributed by atoms with Crippen LogP contribution >= 0.6 is 0 Å². The zero-order valence-corrected chi connectivity index (χ0v) is 16.9. The van der Waals surface area contributed by atoms with Crippen molar-refractivity contribution < 1.29 is 9.53 Å². The van der Waals surface area contributed by atoms with E-state index >= 15 is 0 Å². The molecule has 27 heavy (non-hydrogen) atoms. The average molecular weight is 366 g/mol. The summed E-state index contributed by atoms with van der Waals surface area (Å²) in [6.07, 6.45) is 3.35. The summed E-state index contributed by atoms with van der Waals surface area (Å²) in [5.41, 5.74) is 3.96. The molecule has 3 rings (SSSR count). The lowest BCUT2D eigenvalue weighted by molar-refractivity contribution is -0.129. The van der Waals surface area contributed by atoms with Crippen molar-refractivity contribution in [3.8, 4) is 5.75 Å². The molecule has 0 saturated heterocycles. The van der Waals surface area contributed by atoms with Crippen LogP contribution in [0.3, 0.4) is 0 Å². The molecule has 0 heterocycles. The Labute approximate surface area is 163 Å². The molecule has 0 saturated carbocycles. The molecule has 0 unspecified atom stereocenters. The topological polar surface area (TPSA) is 38.3 Å². The largest absolute Gasteiger partial charge is 0.481 e. The first-order valence-electron chi connectivity index (χ1n) is 10.0. The second-order valence-corrected chi connectivity index (χ2v) is 8.44. The van der Waals surface area contributed by atoms with E-state index in [1.165, 1.54) is 16.7 Å². The number of fused-ring (bicyclic) bond motifs is 1. The molecule has 0 aliphatic heterocycles.